The number of aromatic nitrogens is 2. The van der Waals surface area contributed by atoms with E-state index in [0.29, 0.717) is 42.1 Å². The molecule has 0 aliphatic carbocycles. The Balaban J connectivity index is 1.39. The van der Waals surface area contributed by atoms with Crippen LogP contribution in [0.15, 0.2) is 23.1 Å². The van der Waals surface area contributed by atoms with Crippen molar-refractivity contribution >= 4 is 50.8 Å². The molecule has 2 saturated heterocycles. The Kier molecular flexibility index (Phi) is 8.46. The van der Waals surface area contributed by atoms with Crippen LogP contribution in [-0.2, 0) is 16.6 Å². The van der Waals surface area contributed by atoms with Gasteiger partial charge >= 0.3 is 0 Å². The van der Waals surface area contributed by atoms with Crippen LogP contribution in [0.3, 0.4) is 0 Å². The van der Waals surface area contributed by atoms with Crippen molar-refractivity contribution in [1.29, 1.82) is 0 Å². The maximum absolute atomic E-state index is 12.0. The molecule has 0 radical (unpaired) electrons. The van der Waals surface area contributed by atoms with Gasteiger partial charge in [-0.3, -0.25) is 14.6 Å². The molecule has 11 nitrogen and oxygen atoms in total. The van der Waals surface area contributed by atoms with Crippen molar-refractivity contribution in [1.82, 2.24) is 19.8 Å². The number of amides is 1. The third kappa shape index (κ3) is 6.27. The van der Waals surface area contributed by atoms with Gasteiger partial charge in [0, 0.05) is 43.3 Å². The second-order valence-corrected chi connectivity index (χ2v) is 11.8. The average molecular weight is 572 g/mol. The molecule has 2 aromatic rings. The number of halogens is 2. The second kappa shape index (κ2) is 11.3. The topological polar surface area (TPSA) is 165 Å². The van der Waals surface area contributed by atoms with Gasteiger partial charge in [-0.15, -0.1) is 0 Å². The number of carbonyl (C=O) groups excluding carboxylic acids is 1. The summed E-state index contributed by atoms with van der Waals surface area (Å²) in [5.41, 5.74) is 11.7. The van der Waals surface area contributed by atoms with E-state index in [1.165, 1.54) is 6.07 Å². The van der Waals surface area contributed by atoms with Crippen LogP contribution in [0.2, 0.25) is 10.2 Å². The van der Waals surface area contributed by atoms with Gasteiger partial charge in [-0.05, 0) is 50.0 Å². The number of nitrogen functional groups attached to an aromatic ring is 1. The summed E-state index contributed by atoms with van der Waals surface area (Å²) in [5, 5.41) is 5.87. The predicted octanol–water partition coefficient (Wildman–Crippen LogP) is 1.68. The number of primary amides is 1. The SMILES string of the molecule is CC[C@H]1CN(c2nc(N)c(C(N)=O)nc2Cl)CCN1C1CCN(Cc2ccc(Cl)cc2S(N)(=O)=O)CC1. The van der Waals surface area contributed by atoms with Crippen LogP contribution in [0, 0.1) is 0 Å². The molecule has 14 heteroatoms. The molecule has 0 bridgehead atoms. The Morgan fingerprint density at radius 2 is 1.84 bits per heavy atom. The third-order valence-corrected chi connectivity index (χ3v) is 8.63. The van der Waals surface area contributed by atoms with E-state index in [9.17, 15) is 13.2 Å². The van der Waals surface area contributed by atoms with Gasteiger partial charge in [0.05, 0.1) is 4.90 Å². The van der Waals surface area contributed by atoms with E-state index in [2.05, 4.69) is 31.6 Å². The van der Waals surface area contributed by atoms with E-state index >= 15 is 0 Å². The van der Waals surface area contributed by atoms with Crippen LogP contribution in [0.4, 0.5) is 11.6 Å². The normalized spacial score (nSPS) is 20.3. The van der Waals surface area contributed by atoms with Gasteiger partial charge in [-0.2, -0.15) is 0 Å². The fourth-order valence-corrected chi connectivity index (χ4v) is 6.55. The molecular formula is C23H32Cl2N8O3S. The molecule has 6 N–H and O–H groups in total. The first-order valence-electron chi connectivity index (χ1n) is 12.1. The van der Waals surface area contributed by atoms with Gasteiger partial charge in [0.15, 0.2) is 22.5 Å². The van der Waals surface area contributed by atoms with Crippen molar-refractivity contribution in [2.45, 2.75) is 49.7 Å². The number of rotatable bonds is 7. The number of primary sulfonamides is 1. The Hall–Kier alpha value is -2.22. The fraction of sp³-hybridized carbons (Fsp3) is 0.522. The number of piperazine rings is 1. The zero-order chi connectivity index (χ0) is 26.9. The minimum atomic E-state index is -3.86. The molecule has 202 valence electrons. The molecular weight excluding hydrogens is 539 g/mol. The summed E-state index contributed by atoms with van der Waals surface area (Å²) in [6.07, 6.45) is 2.88. The lowest BCUT2D eigenvalue weighted by atomic mass is 9.98. The summed E-state index contributed by atoms with van der Waals surface area (Å²) in [6, 6.07) is 5.53. The summed E-state index contributed by atoms with van der Waals surface area (Å²) in [7, 11) is -3.86. The van der Waals surface area contributed by atoms with Crippen molar-refractivity contribution < 1.29 is 13.2 Å². The first kappa shape index (κ1) is 27.8. The molecule has 3 heterocycles. The number of hydrogen-bond acceptors (Lipinski definition) is 9. The number of carbonyl (C=O) groups is 1. The van der Waals surface area contributed by atoms with Crippen LogP contribution >= 0.6 is 23.2 Å². The quantitative estimate of drug-likeness (QED) is 0.448. The van der Waals surface area contributed by atoms with E-state index in [4.69, 9.17) is 39.8 Å². The molecule has 4 rings (SSSR count). The lowest BCUT2D eigenvalue weighted by Crippen LogP contribution is -2.58. The largest absolute Gasteiger partial charge is 0.382 e. The summed E-state index contributed by atoms with van der Waals surface area (Å²) in [6.45, 7) is 6.58. The van der Waals surface area contributed by atoms with Gasteiger partial charge in [-0.25, -0.2) is 23.5 Å². The molecule has 0 unspecified atom stereocenters. The zero-order valence-electron chi connectivity index (χ0n) is 20.6. The maximum Gasteiger partial charge on any atom is 0.271 e. The van der Waals surface area contributed by atoms with Crippen molar-refractivity contribution in [2.75, 3.05) is 43.4 Å². The number of nitrogens with zero attached hydrogens (tertiary/aromatic N) is 5. The Morgan fingerprint density at radius 1 is 1.14 bits per heavy atom. The van der Waals surface area contributed by atoms with E-state index in [0.717, 1.165) is 38.9 Å². The highest BCUT2D eigenvalue weighted by atomic mass is 35.5. The molecule has 2 aliphatic rings. The highest BCUT2D eigenvalue weighted by molar-refractivity contribution is 7.89. The van der Waals surface area contributed by atoms with Crippen molar-refractivity contribution in [3.8, 4) is 0 Å². The molecule has 0 saturated carbocycles. The van der Waals surface area contributed by atoms with Gasteiger partial charge in [-0.1, -0.05) is 36.2 Å². The van der Waals surface area contributed by atoms with Crippen molar-refractivity contribution in [3.63, 3.8) is 0 Å². The molecule has 2 fully saturated rings. The average Bonchev–Trinajstić information content (AvgIpc) is 2.85. The third-order valence-electron chi connectivity index (χ3n) is 7.15. The lowest BCUT2D eigenvalue weighted by Gasteiger charge is -2.47. The van der Waals surface area contributed by atoms with E-state index < -0.39 is 15.9 Å². The van der Waals surface area contributed by atoms with Gasteiger partial charge in [0.25, 0.3) is 5.91 Å². The molecule has 37 heavy (non-hydrogen) atoms. The molecule has 0 spiro atoms. The summed E-state index contributed by atoms with van der Waals surface area (Å²) >= 11 is 12.3. The van der Waals surface area contributed by atoms with Crippen LogP contribution in [0.1, 0.15) is 42.2 Å². The predicted molar refractivity (Wildman–Crippen MR) is 144 cm³/mol. The number of anilines is 2. The van der Waals surface area contributed by atoms with E-state index in [1.807, 2.05) is 0 Å². The summed E-state index contributed by atoms with van der Waals surface area (Å²) < 4.78 is 24.1. The smallest absolute Gasteiger partial charge is 0.271 e. The number of sulfonamides is 1. The van der Waals surface area contributed by atoms with Crippen molar-refractivity contribution in [3.05, 3.63) is 39.6 Å². The molecule has 1 aromatic heterocycles. The fourth-order valence-electron chi connectivity index (χ4n) is 5.28. The van der Waals surface area contributed by atoms with Crippen molar-refractivity contribution in [2.24, 2.45) is 10.9 Å². The van der Waals surface area contributed by atoms with Crippen LogP contribution < -0.4 is 21.5 Å². The molecule has 1 atom stereocenters. The summed E-state index contributed by atoms with van der Waals surface area (Å²) in [5.74, 6) is -0.329. The molecule has 1 aromatic carbocycles. The minimum Gasteiger partial charge on any atom is -0.382 e. The Morgan fingerprint density at radius 3 is 2.46 bits per heavy atom. The van der Waals surface area contributed by atoms with Crippen LogP contribution in [0.25, 0.3) is 0 Å². The zero-order valence-corrected chi connectivity index (χ0v) is 22.9. The standard InChI is InChI=1S/C23H32Cl2N8O3S/c1-2-16-13-32(23-20(25)29-19(22(27)34)21(26)30-23)9-10-33(16)17-5-7-31(8-6-17)12-14-3-4-15(24)11-18(14)37(28,35)36/h3-4,11,16-17H,2,5-10,12-13H2,1H3,(H2,26,30)(H2,27,34)(H2,28,35,36)/t16-/m0/s1. The number of hydrogen-bond donors (Lipinski definition) is 3. The Labute approximate surface area is 226 Å². The van der Waals surface area contributed by atoms with E-state index in [1.54, 1.807) is 12.1 Å². The number of benzene rings is 1. The van der Waals surface area contributed by atoms with Gasteiger partial charge in [0.2, 0.25) is 10.0 Å². The number of likely N-dealkylation sites (tertiary alicyclic amines) is 1. The highest BCUT2D eigenvalue weighted by Gasteiger charge is 2.34. The minimum absolute atomic E-state index is 0.0268. The Bertz CT molecular complexity index is 1270. The monoisotopic (exact) mass is 570 g/mol. The second-order valence-electron chi connectivity index (χ2n) is 9.49. The van der Waals surface area contributed by atoms with Crippen LogP contribution in [0.5, 0.6) is 0 Å². The molecule has 2 aliphatic heterocycles. The molecule has 1 amide bonds. The summed E-state index contributed by atoms with van der Waals surface area (Å²) in [4.78, 5) is 26.8. The van der Waals surface area contributed by atoms with Crippen LogP contribution in [-0.4, -0.2) is 78.9 Å². The van der Waals surface area contributed by atoms with Gasteiger partial charge in [0.1, 0.15) is 0 Å². The number of nitrogens with two attached hydrogens (primary N) is 3. The first-order valence-corrected chi connectivity index (χ1v) is 14.4. The highest BCUT2D eigenvalue weighted by Crippen LogP contribution is 2.30. The lowest BCUT2D eigenvalue weighted by molar-refractivity contribution is 0.0608. The maximum atomic E-state index is 12.0. The van der Waals surface area contributed by atoms with E-state index in [-0.39, 0.29) is 27.6 Å². The van der Waals surface area contributed by atoms with Gasteiger partial charge < -0.3 is 16.4 Å². The number of piperidine rings is 1. The first-order chi connectivity index (χ1) is 17.5.